The number of nitrogens with zero attached hydrogens (tertiary/aromatic N) is 1. The molecule has 0 heterocycles. The number of nitriles is 1. The summed E-state index contributed by atoms with van der Waals surface area (Å²) in [6.07, 6.45) is 0.225. The van der Waals surface area contributed by atoms with Crippen molar-refractivity contribution >= 4 is 29.0 Å². The van der Waals surface area contributed by atoms with Crippen molar-refractivity contribution in [1.29, 1.82) is 5.26 Å². The van der Waals surface area contributed by atoms with Crippen LogP contribution in [0.25, 0.3) is 0 Å². The van der Waals surface area contributed by atoms with E-state index in [1.165, 1.54) is 24.3 Å². The zero-order valence-corrected chi connectivity index (χ0v) is 14.6. The van der Waals surface area contributed by atoms with Gasteiger partial charge in [0.05, 0.1) is 16.1 Å². The molecule has 7 heteroatoms. The van der Waals surface area contributed by atoms with Crippen molar-refractivity contribution in [3.05, 3.63) is 57.9 Å². The number of Topliss-reactive ketones (excluding diaryl/α,β-unsaturated/α-hetero) is 1. The maximum absolute atomic E-state index is 14.0. The van der Waals surface area contributed by atoms with E-state index in [1.807, 2.05) is 6.07 Å². The number of anilines is 1. The first-order valence-electron chi connectivity index (χ1n) is 7.88. The van der Waals surface area contributed by atoms with Crippen LogP contribution in [0.4, 0.5) is 10.1 Å². The van der Waals surface area contributed by atoms with Gasteiger partial charge in [-0.1, -0.05) is 18.5 Å². The summed E-state index contributed by atoms with van der Waals surface area (Å²) in [7, 11) is 0. The van der Waals surface area contributed by atoms with Gasteiger partial charge in [0.2, 0.25) is 0 Å². The summed E-state index contributed by atoms with van der Waals surface area (Å²) in [5.74, 6) is -1.12. The average Bonchev–Trinajstić information content (AvgIpc) is 2.90. The van der Waals surface area contributed by atoms with Crippen molar-refractivity contribution in [3.8, 4) is 11.8 Å². The Morgan fingerprint density at radius 3 is 2.88 bits per heavy atom. The van der Waals surface area contributed by atoms with E-state index in [0.29, 0.717) is 16.8 Å². The highest BCUT2D eigenvalue weighted by molar-refractivity contribution is 6.32. The van der Waals surface area contributed by atoms with Crippen LogP contribution in [-0.2, 0) is 4.79 Å². The maximum atomic E-state index is 14.0. The molecule has 1 aliphatic rings. The number of hydrogen-bond acceptors (Lipinski definition) is 4. The lowest BCUT2D eigenvalue weighted by Crippen LogP contribution is -2.20. The summed E-state index contributed by atoms with van der Waals surface area (Å²) in [5.41, 5.74) is 1.27. The number of benzene rings is 2. The minimum atomic E-state index is -0.470. The van der Waals surface area contributed by atoms with Crippen LogP contribution in [0.1, 0.15) is 40.7 Å². The van der Waals surface area contributed by atoms with Gasteiger partial charge in [0.1, 0.15) is 17.6 Å². The Balaban J connectivity index is 1.70. The molecule has 1 atom stereocenters. The number of rotatable bonds is 4. The van der Waals surface area contributed by atoms with Crippen molar-refractivity contribution in [2.24, 2.45) is 0 Å². The average molecular weight is 373 g/mol. The molecular formula is C19H14ClFN2O3. The third-order valence-electron chi connectivity index (χ3n) is 4.15. The maximum Gasteiger partial charge on any atom is 0.262 e. The first-order chi connectivity index (χ1) is 12.4. The summed E-state index contributed by atoms with van der Waals surface area (Å²) in [6.45, 7) is 1.43. The lowest BCUT2D eigenvalue weighted by molar-refractivity contribution is -0.118. The Morgan fingerprint density at radius 2 is 2.19 bits per heavy atom. The number of halogens is 2. The van der Waals surface area contributed by atoms with E-state index >= 15 is 0 Å². The minimum Gasteiger partial charge on any atom is -0.483 e. The van der Waals surface area contributed by atoms with E-state index in [2.05, 4.69) is 5.32 Å². The molecule has 2 aromatic rings. The van der Waals surface area contributed by atoms with Crippen molar-refractivity contribution in [2.75, 3.05) is 11.9 Å². The van der Waals surface area contributed by atoms with Crippen molar-refractivity contribution in [3.63, 3.8) is 0 Å². The topological polar surface area (TPSA) is 79.2 Å². The molecule has 3 rings (SSSR count). The third kappa shape index (κ3) is 3.39. The fourth-order valence-corrected chi connectivity index (χ4v) is 3.19. The van der Waals surface area contributed by atoms with Crippen molar-refractivity contribution in [2.45, 2.75) is 19.3 Å². The van der Waals surface area contributed by atoms with Gasteiger partial charge in [-0.25, -0.2) is 4.39 Å². The van der Waals surface area contributed by atoms with Gasteiger partial charge >= 0.3 is 0 Å². The zero-order valence-electron chi connectivity index (χ0n) is 13.8. The molecule has 5 nitrogen and oxygen atoms in total. The highest BCUT2D eigenvalue weighted by atomic mass is 35.5. The summed E-state index contributed by atoms with van der Waals surface area (Å²) >= 11 is 5.92. The van der Waals surface area contributed by atoms with E-state index in [0.717, 1.165) is 0 Å². The van der Waals surface area contributed by atoms with Gasteiger partial charge in [-0.15, -0.1) is 0 Å². The van der Waals surface area contributed by atoms with Gasteiger partial charge in [-0.05, 0) is 36.2 Å². The number of carbonyl (C=O) groups is 2. The molecule has 1 unspecified atom stereocenters. The second kappa shape index (κ2) is 7.14. The molecule has 0 spiro atoms. The number of nitrogens with one attached hydrogen (secondary N) is 1. The predicted molar refractivity (Wildman–Crippen MR) is 94.1 cm³/mol. The van der Waals surface area contributed by atoms with E-state index in [9.17, 15) is 14.0 Å². The Hall–Kier alpha value is -2.91. The molecule has 2 aromatic carbocycles. The van der Waals surface area contributed by atoms with Crippen LogP contribution in [0.5, 0.6) is 5.75 Å². The fourth-order valence-electron chi connectivity index (χ4n) is 2.97. The SMILES string of the molecule is CC1CC(=O)c2c(OCC(=O)Nc3ccc(C#N)c(Cl)c3)ccc(F)c21. The second-order valence-electron chi connectivity index (χ2n) is 6.01. The molecule has 0 radical (unpaired) electrons. The van der Waals surface area contributed by atoms with Gasteiger partial charge in [0, 0.05) is 17.7 Å². The van der Waals surface area contributed by atoms with Crippen LogP contribution < -0.4 is 10.1 Å². The highest BCUT2D eigenvalue weighted by Crippen LogP contribution is 2.39. The number of ether oxygens (including phenoxy) is 1. The van der Waals surface area contributed by atoms with Crippen LogP contribution >= 0.6 is 11.6 Å². The van der Waals surface area contributed by atoms with Crippen LogP contribution in [0, 0.1) is 17.1 Å². The minimum absolute atomic E-state index is 0.193. The van der Waals surface area contributed by atoms with E-state index in [1.54, 1.807) is 13.0 Å². The molecule has 0 bridgehead atoms. The first-order valence-corrected chi connectivity index (χ1v) is 8.26. The number of ketones is 1. The van der Waals surface area contributed by atoms with Gasteiger partial charge in [-0.3, -0.25) is 9.59 Å². The lowest BCUT2D eigenvalue weighted by atomic mass is 10.0. The van der Waals surface area contributed by atoms with E-state index in [4.69, 9.17) is 21.6 Å². The number of carbonyl (C=O) groups excluding carboxylic acids is 2. The Labute approximate surface area is 154 Å². The number of fused-ring (bicyclic) bond motifs is 1. The lowest BCUT2D eigenvalue weighted by Gasteiger charge is -2.12. The molecule has 0 aliphatic heterocycles. The van der Waals surface area contributed by atoms with Crippen LogP contribution in [-0.4, -0.2) is 18.3 Å². The smallest absolute Gasteiger partial charge is 0.262 e. The quantitative estimate of drug-likeness (QED) is 0.877. The van der Waals surface area contributed by atoms with E-state index in [-0.39, 0.29) is 41.1 Å². The van der Waals surface area contributed by atoms with Gasteiger partial charge < -0.3 is 10.1 Å². The first kappa shape index (κ1) is 17.9. The molecule has 1 amide bonds. The molecule has 0 fully saturated rings. The standard InChI is InChI=1S/C19H14ClFN2O3/c1-10-6-15(24)19-16(5-4-14(21)18(10)19)26-9-17(25)23-12-3-2-11(8-22)13(20)7-12/h2-5,7,10H,6,9H2,1H3,(H,23,25). The molecule has 132 valence electrons. The van der Waals surface area contributed by atoms with E-state index < -0.39 is 11.7 Å². The zero-order chi connectivity index (χ0) is 18.8. The van der Waals surface area contributed by atoms with Crippen molar-refractivity contribution < 1.29 is 18.7 Å². The fraction of sp³-hybridized carbons (Fsp3) is 0.211. The third-order valence-corrected chi connectivity index (χ3v) is 4.46. The number of amides is 1. The normalized spacial score (nSPS) is 15.3. The molecule has 0 aromatic heterocycles. The molecule has 1 N–H and O–H groups in total. The molecule has 0 saturated carbocycles. The Bertz CT molecular complexity index is 953. The molecular weight excluding hydrogens is 359 g/mol. The number of hydrogen-bond donors (Lipinski definition) is 1. The Kier molecular flexibility index (Phi) is 4.92. The van der Waals surface area contributed by atoms with Gasteiger partial charge in [0.25, 0.3) is 5.91 Å². The predicted octanol–water partition coefficient (Wildman–Crippen LogP) is 4.06. The van der Waals surface area contributed by atoms with Gasteiger partial charge in [-0.2, -0.15) is 5.26 Å². The summed E-state index contributed by atoms with van der Waals surface area (Å²) in [6, 6.07) is 9.02. The monoisotopic (exact) mass is 372 g/mol. The van der Waals surface area contributed by atoms with Gasteiger partial charge in [0.15, 0.2) is 12.4 Å². The van der Waals surface area contributed by atoms with Crippen molar-refractivity contribution in [1.82, 2.24) is 0 Å². The van der Waals surface area contributed by atoms with Crippen LogP contribution in [0.2, 0.25) is 5.02 Å². The highest BCUT2D eigenvalue weighted by Gasteiger charge is 2.32. The largest absolute Gasteiger partial charge is 0.483 e. The molecule has 1 aliphatic carbocycles. The van der Waals surface area contributed by atoms with Crippen LogP contribution in [0.3, 0.4) is 0 Å². The molecule has 26 heavy (non-hydrogen) atoms. The second-order valence-corrected chi connectivity index (χ2v) is 6.41. The Morgan fingerprint density at radius 1 is 1.42 bits per heavy atom. The summed E-state index contributed by atoms with van der Waals surface area (Å²) < 4.78 is 19.4. The summed E-state index contributed by atoms with van der Waals surface area (Å²) in [4.78, 5) is 24.2. The van der Waals surface area contributed by atoms with Crippen LogP contribution in [0.15, 0.2) is 30.3 Å². The molecule has 0 saturated heterocycles. The summed E-state index contributed by atoms with van der Waals surface area (Å²) in [5, 5.41) is 11.7.